The lowest BCUT2D eigenvalue weighted by Gasteiger charge is -2.29. The quantitative estimate of drug-likeness (QED) is 0.672. The molecule has 0 saturated heterocycles. The number of benzene rings is 2. The van der Waals surface area contributed by atoms with E-state index in [1.54, 1.807) is 0 Å². The molecule has 1 aromatic heterocycles. The molecule has 4 rings (SSSR count). The Bertz CT molecular complexity index is 832. The number of hydrogen-bond donors (Lipinski definition) is 0. The van der Waals surface area contributed by atoms with Gasteiger partial charge >= 0.3 is 0 Å². The summed E-state index contributed by atoms with van der Waals surface area (Å²) < 4.78 is 1.99. The maximum Gasteiger partial charge on any atom is 0.0778 e. The number of hydrogen-bond acceptors (Lipinski definition) is 2. The van der Waals surface area contributed by atoms with Crippen LogP contribution in [0.4, 0.5) is 5.69 Å². The molecule has 0 saturated carbocycles. The molecule has 0 N–H and O–H groups in total. The van der Waals surface area contributed by atoms with Crippen LogP contribution in [0, 0.1) is 0 Å². The second-order valence-corrected chi connectivity index (χ2v) is 5.72. The van der Waals surface area contributed by atoms with Gasteiger partial charge in [0.05, 0.1) is 11.9 Å². The highest BCUT2D eigenvalue weighted by atomic mass is 15.3. The Morgan fingerprint density at radius 2 is 1.68 bits per heavy atom. The van der Waals surface area contributed by atoms with Crippen molar-refractivity contribution in [1.29, 1.82) is 0 Å². The van der Waals surface area contributed by atoms with E-state index in [0.29, 0.717) is 0 Å². The van der Waals surface area contributed by atoms with Crippen LogP contribution in [0.5, 0.6) is 0 Å². The number of nitrogens with zero attached hydrogens (tertiary/aromatic N) is 3. The molecule has 0 fully saturated rings. The van der Waals surface area contributed by atoms with Crippen molar-refractivity contribution in [2.75, 3.05) is 11.4 Å². The smallest absolute Gasteiger partial charge is 0.0778 e. The molecule has 1 aliphatic heterocycles. The number of anilines is 1. The summed E-state index contributed by atoms with van der Waals surface area (Å²) in [5, 5.41) is 4.53. The van der Waals surface area contributed by atoms with Gasteiger partial charge in [0.15, 0.2) is 0 Å². The number of rotatable bonds is 1. The third-order valence-corrected chi connectivity index (χ3v) is 4.49. The van der Waals surface area contributed by atoms with Crippen LogP contribution < -0.4 is 4.90 Å². The van der Waals surface area contributed by atoms with E-state index < -0.39 is 0 Å². The molecule has 0 atom stereocenters. The summed E-state index contributed by atoms with van der Waals surface area (Å²) in [4.78, 5) is 2.43. The minimum Gasteiger partial charge on any atom is -0.367 e. The van der Waals surface area contributed by atoms with Crippen molar-refractivity contribution >= 4 is 5.69 Å². The molecule has 0 amide bonds. The van der Waals surface area contributed by atoms with Crippen LogP contribution in [0.2, 0.25) is 0 Å². The van der Waals surface area contributed by atoms with E-state index in [1.807, 2.05) is 17.9 Å². The fourth-order valence-corrected chi connectivity index (χ4v) is 3.40. The highest BCUT2D eigenvalue weighted by Crippen LogP contribution is 2.41. The summed E-state index contributed by atoms with van der Waals surface area (Å²) in [6.07, 6.45) is 1.99. The lowest BCUT2D eigenvalue weighted by molar-refractivity contribution is 0.773. The predicted molar refractivity (Wildman–Crippen MR) is 90.8 cm³/mol. The van der Waals surface area contributed by atoms with Gasteiger partial charge in [-0.2, -0.15) is 5.10 Å². The molecular weight excluding hydrogens is 270 g/mol. The standard InChI is InChI=1S/C19H19N3/c1-3-22-13-14-8-4-5-9-15(14)17-12-20-21(2)19(17)16-10-6-7-11-18(16)22/h4-12H,3,13H2,1-2H3. The second-order valence-electron chi connectivity index (χ2n) is 5.72. The van der Waals surface area contributed by atoms with Crippen LogP contribution in [0.25, 0.3) is 22.4 Å². The Morgan fingerprint density at radius 1 is 0.955 bits per heavy atom. The molecule has 2 aromatic carbocycles. The zero-order valence-corrected chi connectivity index (χ0v) is 13.0. The van der Waals surface area contributed by atoms with Crippen molar-refractivity contribution in [2.45, 2.75) is 13.5 Å². The Kier molecular flexibility index (Phi) is 3.00. The average molecular weight is 289 g/mol. The molecule has 2 heterocycles. The van der Waals surface area contributed by atoms with E-state index in [9.17, 15) is 0 Å². The molecule has 0 radical (unpaired) electrons. The third-order valence-electron chi connectivity index (χ3n) is 4.49. The van der Waals surface area contributed by atoms with Gasteiger partial charge in [-0.15, -0.1) is 0 Å². The van der Waals surface area contributed by atoms with Crippen molar-refractivity contribution in [2.24, 2.45) is 7.05 Å². The second kappa shape index (κ2) is 5.02. The Hall–Kier alpha value is -2.55. The highest BCUT2D eigenvalue weighted by Gasteiger charge is 2.23. The van der Waals surface area contributed by atoms with Crippen molar-refractivity contribution < 1.29 is 0 Å². The summed E-state index contributed by atoms with van der Waals surface area (Å²) in [5.74, 6) is 0. The lowest BCUT2D eigenvalue weighted by Crippen LogP contribution is -2.24. The monoisotopic (exact) mass is 289 g/mol. The summed E-state index contributed by atoms with van der Waals surface area (Å²) in [6, 6.07) is 17.3. The normalized spacial score (nSPS) is 12.9. The topological polar surface area (TPSA) is 21.1 Å². The molecular formula is C19H19N3. The highest BCUT2D eigenvalue weighted by molar-refractivity contribution is 5.89. The first-order valence-electron chi connectivity index (χ1n) is 7.74. The summed E-state index contributed by atoms with van der Waals surface area (Å²) in [6.45, 7) is 4.13. The van der Waals surface area contributed by atoms with Crippen LogP contribution in [0.15, 0.2) is 54.7 Å². The molecule has 3 nitrogen and oxygen atoms in total. The van der Waals surface area contributed by atoms with Gasteiger partial charge in [0.1, 0.15) is 0 Å². The fraction of sp³-hybridized carbons (Fsp3) is 0.211. The molecule has 0 bridgehead atoms. The Morgan fingerprint density at radius 3 is 2.50 bits per heavy atom. The van der Waals surface area contributed by atoms with Crippen LogP contribution in [0.3, 0.4) is 0 Å². The van der Waals surface area contributed by atoms with Crippen molar-refractivity contribution in [3.05, 3.63) is 60.3 Å². The summed E-state index contributed by atoms with van der Waals surface area (Å²) in [7, 11) is 2.02. The van der Waals surface area contributed by atoms with Crippen LogP contribution in [0.1, 0.15) is 12.5 Å². The minimum absolute atomic E-state index is 0.929. The van der Waals surface area contributed by atoms with Crippen molar-refractivity contribution in [1.82, 2.24) is 9.78 Å². The van der Waals surface area contributed by atoms with Gasteiger partial charge in [-0.25, -0.2) is 0 Å². The minimum atomic E-state index is 0.929. The van der Waals surface area contributed by atoms with Crippen molar-refractivity contribution in [3.8, 4) is 22.4 Å². The van der Waals surface area contributed by atoms with E-state index in [-0.39, 0.29) is 0 Å². The van der Waals surface area contributed by atoms with E-state index >= 15 is 0 Å². The molecule has 3 heteroatoms. The summed E-state index contributed by atoms with van der Waals surface area (Å²) >= 11 is 0. The first-order chi connectivity index (χ1) is 10.8. The van der Waals surface area contributed by atoms with Gasteiger partial charge in [-0.05, 0) is 24.1 Å². The maximum absolute atomic E-state index is 4.53. The average Bonchev–Trinajstić information content (AvgIpc) is 2.92. The van der Waals surface area contributed by atoms with Gasteiger partial charge < -0.3 is 4.90 Å². The molecule has 110 valence electrons. The van der Waals surface area contributed by atoms with Crippen LogP contribution >= 0.6 is 0 Å². The zero-order valence-electron chi connectivity index (χ0n) is 13.0. The van der Waals surface area contributed by atoms with E-state index in [0.717, 1.165) is 13.1 Å². The SMILES string of the molecule is CCN1Cc2ccccc2-c2cnn(C)c2-c2ccccc21. The van der Waals surface area contributed by atoms with Crippen molar-refractivity contribution in [3.63, 3.8) is 0 Å². The third kappa shape index (κ3) is 1.86. The molecule has 3 aromatic rings. The molecule has 0 unspecified atom stereocenters. The largest absolute Gasteiger partial charge is 0.367 e. The molecule has 1 aliphatic rings. The van der Waals surface area contributed by atoms with Gasteiger partial charge in [0.2, 0.25) is 0 Å². The number of para-hydroxylation sites is 1. The van der Waals surface area contributed by atoms with E-state index in [1.165, 1.54) is 33.6 Å². The maximum atomic E-state index is 4.53. The van der Waals surface area contributed by atoms with Gasteiger partial charge in [0, 0.05) is 37.0 Å². The first-order valence-corrected chi connectivity index (χ1v) is 7.74. The zero-order chi connectivity index (χ0) is 15.1. The Labute approximate surface area is 130 Å². The Balaban J connectivity index is 2.09. The van der Waals surface area contributed by atoms with E-state index in [4.69, 9.17) is 0 Å². The molecule has 0 aliphatic carbocycles. The summed E-state index contributed by atoms with van der Waals surface area (Å²) in [5.41, 5.74) is 7.60. The fourth-order valence-electron chi connectivity index (χ4n) is 3.40. The number of aryl methyl sites for hydroxylation is 1. The van der Waals surface area contributed by atoms with Crippen LogP contribution in [-0.4, -0.2) is 16.3 Å². The predicted octanol–water partition coefficient (Wildman–Crippen LogP) is 4.09. The molecule has 22 heavy (non-hydrogen) atoms. The van der Waals surface area contributed by atoms with E-state index in [2.05, 4.69) is 65.5 Å². The molecule has 0 spiro atoms. The van der Waals surface area contributed by atoms with Gasteiger partial charge in [-0.3, -0.25) is 4.68 Å². The first kappa shape index (κ1) is 13.1. The van der Waals surface area contributed by atoms with Crippen LogP contribution in [-0.2, 0) is 13.6 Å². The number of fused-ring (bicyclic) bond motifs is 5. The number of aromatic nitrogens is 2. The van der Waals surface area contributed by atoms with Gasteiger partial charge in [0.25, 0.3) is 0 Å². The lowest BCUT2D eigenvalue weighted by atomic mass is 9.93. The van der Waals surface area contributed by atoms with Gasteiger partial charge in [-0.1, -0.05) is 42.5 Å².